The number of rotatable bonds is 4. The SMILES string of the molecule is C=C(C(=O)OC)C(O)c1ccc([N+](=O)[O-])cc1. The molecule has 17 heavy (non-hydrogen) atoms. The van der Waals surface area contributed by atoms with Gasteiger partial charge in [-0.15, -0.1) is 0 Å². The first-order valence-corrected chi connectivity index (χ1v) is 4.67. The normalized spacial score (nSPS) is 11.6. The molecule has 0 aliphatic carbocycles. The summed E-state index contributed by atoms with van der Waals surface area (Å²) in [5.41, 5.74) is 0.122. The van der Waals surface area contributed by atoms with Gasteiger partial charge in [0.25, 0.3) is 5.69 Å². The van der Waals surface area contributed by atoms with Crippen LogP contribution in [-0.2, 0) is 9.53 Å². The van der Waals surface area contributed by atoms with Gasteiger partial charge in [-0.05, 0) is 17.7 Å². The first-order chi connectivity index (χ1) is 7.97. The molecule has 1 rings (SSSR count). The number of nitro groups is 1. The molecule has 0 saturated heterocycles. The van der Waals surface area contributed by atoms with Crippen molar-refractivity contribution in [3.8, 4) is 0 Å². The molecule has 1 unspecified atom stereocenters. The summed E-state index contributed by atoms with van der Waals surface area (Å²) in [6, 6.07) is 5.19. The molecular formula is C11H11NO5. The van der Waals surface area contributed by atoms with Crippen LogP contribution in [0.15, 0.2) is 36.4 Å². The number of carbonyl (C=O) groups is 1. The van der Waals surface area contributed by atoms with E-state index in [4.69, 9.17) is 0 Å². The number of carbonyl (C=O) groups excluding carboxylic acids is 1. The maximum atomic E-state index is 11.1. The largest absolute Gasteiger partial charge is 0.466 e. The number of hydrogen-bond acceptors (Lipinski definition) is 5. The van der Waals surface area contributed by atoms with Gasteiger partial charge in [0.1, 0.15) is 6.10 Å². The zero-order valence-electron chi connectivity index (χ0n) is 9.12. The van der Waals surface area contributed by atoms with Crippen LogP contribution in [0.5, 0.6) is 0 Å². The maximum absolute atomic E-state index is 11.1. The highest BCUT2D eigenvalue weighted by Gasteiger charge is 2.19. The molecule has 6 nitrogen and oxygen atoms in total. The van der Waals surface area contributed by atoms with Crippen LogP contribution >= 0.6 is 0 Å². The summed E-state index contributed by atoms with van der Waals surface area (Å²) in [5, 5.41) is 20.2. The maximum Gasteiger partial charge on any atom is 0.336 e. The molecule has 0 aromatic heterocycles. The van der Waals surface area contributed by atoms with Crippen molar-refractivity contribution >= 4 is 11.7 Å². The highest BCUT2D eigenvalue weighted by Crippen LogP contribution is 2.23. The van der Waals surface area contributed by atoms with Crippen LogP contribution in [0.2, 0.25) is 0 Å². The van der Waals surface area contributed by atoms with Crippen LogP contribution in [0.3, 0.4) is 0 Å². The Morgan fingerprint density at radius 1 is 1.47 bits per heavy atom. The molecule has 0 saturated carbocycles. The minimum atomic E-state index is -1.23. The molecule has 0 aliphatic heterocycles. The van der Waals surface area contributed by atoms with Gasteiger partial charge in [0.05, 0.1) is 17.6 Å². The molecule has 1 atom stereocenters. The Hall–Kier alpha value is -2.21. The molecule has 1 aromatic carbocycles. The number of hydrogen-bond donors (Lipinski definition) is 1. The van der Waals surface area contributed by atoms with Crippen LogP contribution in [-0.4, -0.2) is 23.1 Å². The lowest BCUT2D eigenvalue weighted by Crippen LogP contribution is -2.11. The fraction of sp³-hybridized carbons (Fsp3) is 0.182. The van der Waals surface area contributed by atoms with Gasteiger partial charge >= 0.3 is 5.97 Å². The van der Waals surface area contributed by atoms with E-state index in [0.717, 1.165) is 0 Å². The zero-order chi connectivity index (χ0) is 13.0. The second-order valence-corrected chi connectivity index (χ2v) is 3.27. The van der Waals surface area contributed by atoms with Crippen LogP contribution in [0.4, 0.5) is 5.69 Å². The summed E-state index contributed by atoms with van der Waals surface area (Å²) < 4.78 is 4.41. The zero-order valence-corrected chi connectivity index (χ0v) is 9.12. The second-order valence-electron chi connectivity index (χ2n) is 3.27. The number of methoxy groups -OCH3 is 1. The van der Waals surface area contributed by atoms with Crippen molar-refractivity contribution in [3.05, 3.63) is 52.1 Å². The van der Waals surface area contributed by atoms with Crippen molar-refractivity contribution in [2.45, 2.75) is 6.10 Å². The summed E-state index contributed by atoms with van der Waals surface area (Å²) in [7, 11) is 1.18. The van der Waals surface area contributed by atoms with Crippen molar-refractivity contribution in [2.24, 2.45) is 0 Å². The van der Waals surface area contributed by atoms with Crippen LogP contribution in [0, 0.1) is 10.1 Å². The predicted octanol–water partition coefficient (Wildman–Crippen LogP) is 1.36. The van der Waals surface area contributed by atoms with Gasteiger partial charge in [-0.25, -0.2) is 4.79 Å². The van der Waals surface area contributed by atoms with Crippen molar-refractivity contribution in [1.82, 2.24) is 0 Å². The van der Waals surface area contributed by atoms with Gasteiger partial charge in [0, 0.05) is 12.1 Å². The quantitative estimate of drug-likeness (QED) is 0.369. The molecule has 0 heterocycles. The lowest BCUT2D eigenvalue weighted by molar-refractivity contribution is -0.384. The van der Waals surface area contributed by atoms with E-state index >= 15 is 0 Å². The number of benzene rings is 1. The van der Waals surface area contributed by atoms with E-state index in [2.05, 4.69) is 11.3 Å². The number of nitro benzene ring substituents is 1. The third kappa shape index (κ3) is 2.88. The third-order valence-corrected chi connectivity index (χ3v) is 2.20. The molecule has 1 aromatic rings. The number of aliphatic hydroxyl groups is 1. The van der Waals surface area contributed by atoms with Gasteiger partial charge in [-0.3, -0.25) is 10.1 Å². The van der Waals surface area contributed by atoms with Gasteiger partial charge < -0.3 is 9.84 Å². The Labute approximate surface area is 97.3 Å². The molecule has 0 spiro atoms. The summed E-state index contributed by atoms with van der Waals surface area (Å²) in [4.78, 5) is 21.0. The number of nitrogens with zero attached hydrogens (tertiary/aromatic N) is 1. The van der Waals surface area contributed by atoms with Crippen molar-refractivity contribution in [2.75, 3.05) is 7.11 Å². The molecule has 0 amide bonds. The highest BCUT2D eigenvalue weighted by atomic mass is 16.6. The predicted molar refractivity (Wildman–Crippen MR) is 59.2 cm³/mol. The van der Waals surface area contributed by atoms with Gasteiger partial charge in [0.2, 0.25) is 0 Å². The fourth-order valence-electron chi connectivity index (χ4n) is 1.22. The lowest BCUT2D eigenvalue weighted by atomic mass is 10.0. The van der Waals surface area contributed by atoms with Crippen LogP contribution in [0.25, 0.3) is 0 Å². The Morgan fingerprint density at radius 3 is 2.41 bits per heavy atom. The molecule has 1 N–H and O–H groups in total. The van der Waals surface area contributed by atoms with E-state index in [9.17, 15) is 20.0 Å². The Balaban J connectivity index is 2.90. The van der Waals surface area contributed by atoms with Crippen molar-refractivity contribution in [1.29, 1.82) is 0 Å². The standard InChI is InChI=1S/C11H11NO5/c1-7(11(14)17-2)10(13)8-3-5-9(6-4-8)12(15)16/h3-6,10,13H,1H2,2H3. The van der Waals surface area contributed by atoms with Gasteiger partial charge in [0.15, 0.2) is 0 Å². The number of aliphatic hydroxyl groups excluding tert-OH is 1. The van der Waals surface area contributed by atoms with Crippen LogP contribution in [0.1, 0.15) is 11.7 Å². The van der Waals surface area contributed by atoms with E-state index in [1.165, 1.54) is 31.4 Å². The van der Waals surface area contributed by atoms with Crippen LogP contribution < -0.4 is 0 Å². The van der Waals surface area contributed by atoms with E-state index < -0.39 is 17.0 Å². The molecule has 90 valence electrons. The number of esters is 1. The summed E-state index contributed by atoms with van der Waals surface area (Å²) in [6.07, 6.45) is -1.23. The summed E-state index contributed by atoms with van der Waals surface area (Å²) in [5.74, 6) is -0.726. The summed E-state index contributed by atoms with van der Waals surface area (Å²) in [6.45, 7) is 3.40. The van der Waals surface area contributed by atoms with Crippen molar-refractivity contribution < 1.29 is 19.6 Å². The third-order valence-electron chi connectivity index (χ3n) is 2.20. The second kappa shape index (κ2) is 5.22. The Morgan fingerprint density at radius 2 is 2.00 bits per heavy atom. The smallest absolute Gasteiger partial charge is 0.336 e. The number of ether oxygens (including phenoxy) is 1. The van der Waals surface area contributed by atoms with Gasteiger partial charge in [-0.1, -0.05) is 6.58 Å². The minimum Gasteiger partial charge on any atom is -0.466 e. The Bertz CT molecular complexity index is 451. The van der Waals surface area contributed by atoms with Crippen molar-refractivity contribution in [3.63, 3.8) is 0 Å². The molecule has 6 heteroatoms. The minimum absolute atomic E-state index is 0.0929. The average Bonchev–Trinajstić information content (AvgIpc) is 2.36. The molecule has 0 fully saturated rings. The molecule has 0 aliphatic rings. The first kappa shape index (κ1) is 12.9. The van der Waals surface area contributed by atoms with Gasteiger partial charge in [-0.2, -0.15) is 0 Å². The molecule has 0 bridgehead atoms. The van der Waals surface area contributed by atoms with E-state index in [0.29, 0.717) is 5.56 Å². The lowest BCUT2D eigenvalue weighted by Gasteiger charge is -2.11. The average molecular weight is 237 g/mol. The Kier molecular flexibility index (Phi) is 3.95. The number of non-ortho nitro benzene ring substituents is 1. The fourth-order valence-corrected chi connectivity index (χ4v) is 1.22. The van der Waals surface area contributed by atoms with E-state index in [-0.39, 0.29) is 11.3 Å². The molecular weight excluding hydrogens is 226 g/mol. The topological polar surface area (TPSA) is 89.7 Å². The first-order valence-electron chi connectivity index (χ1n) is 4.67. The van der Waals surface area contributed by atoms with E-state index in [1.807, 2.05) is 0 Å². The highest BCUT2D eigenvalue weighted by molar-refractivity contribution is 5.88. The molecule has 0 radical (unpaired) electrons. The van der Waals surface area contributed by atoms with E-state index in [1.54, 1.807) is 0 Å². The monoisotopic (exact) mass is 237 g/mol. The summed E-state index contributed by atoms with van der Waals surface area (Å²) >= 11 is 0.